The quantitative estimate of drug-likeness (QED) is 0.845. The summed E-state index contributed by atoms with van der Waals surface area (Å²) < 4.78 is 66.5. The Balaban J connectivity index is 2.11. The molecule has 1 fully saturated rings. The van der Waals surface area contributed by atoms with E-state index in [-0.39, 0.29) is 13.1 Å². The predicted molar refractivity (Wildman–Crippen MR) is 72.3 cm³/mol. The van der Waals surface area contributed by atoms with Crippen LogP contribution in [0.25, 0.3) is 0 Å². The number of benzene rings is 1. The van der Waals surface area contributed by atoms with Crippen molar-refractivity contribution in [2.45, 2.75) is 30.0 Å². The van der Waals surface area contributed by atoms with Crippen LogP contribution in [0.2, 0.25) is 0 Å². The molecule has 1 saturated heterocycles. The summed E-state index contributed by atoms with van der Waals surface area (Å²) in [5.41, 5.74) is -0.967. The Morgan fingerprint density at radius 2 is 1.87 bits per heavy atom. The van der Waals surface area contributed by atoms with Gasteiger partial charge in [-0.2, -0.15) is 21.6 Å². The summed E-state index contributed by atoms with van der Waals surface area (Å²) >= 11 is 0. The van der Waals surface area contributed by atoms with Crippen LogP contribution in [-0.2, 0) is 20.5 Å². The standard InChI is InChI=1S/C13H14F3NO5S/c14-13(15,16)9-3-5-11(6-4-9)23(20,21)22-10-2-1-7-17(8-10)12(18)19/h3-6,10H,1-2,7-8H2,(H,18,19). The van der Waals surface area contributed by atoms with Gasteiger partial charge in [0.2, 0.25) is 0 Å². The van der Waals surface area contributed by atoms with E-state index < -0.39 is 39.0 Å². The van der Waals surface area contributed by atoms with Crippen molar-refractivity contribution in [2.24, 2.45) is 0 Å². The number of amides is 1. The van der Waals surface area contributed by atoms with Crippen LogP contribution < -0.4 is 0 Å². The third-order valence-corrected chi connectivity index (χ3v) is 4.76. The Morgan fingerprint density at radius 1 is 1.26 bits per heavy atom. The number of hydrogen-bond donors (Lipinski definition) is 1. The fourth-order valence-electron chi connectivity index (χ4n) is 2.24. The first-order valence-corrected chi connectivity index (χ1v) is 8.09. The molecule has 1 unspecified atom stereocenters. The molecule has 0 bridgehead atoms. The highest BCUT2D eigenvalue weighted by molar-refractivity contribution is 7.86. The van der Waals surface area contributed by atoms with Gasteiger partial charge in [0.05, 0.1) is 23.1 Å². The van der Waals surface area contributed by atoms with Crippen molar-refractivity contribution in [2.75, 3.05) is 13.1 Å². The molecule has 128 valence electrons. The summed E-state index contributed by atoms with van der Waals surface area (Å²) in [4.78, 5) is 11.5. The normalized spacial score (nSPS) is 19.6. The van der Waals surface area contributed by atoms with Crippen molar-refractivity contribution >= 4 is 16.2 Å². The Bertz CT molecular complexity index is 672. The summed E-state index contributed by atoms with van der Waals surface area (Å²) in [6.07, 6.45) is -5.80. The Hall–Kier alpha value is -1.81. The number of carboxylic acid groups (broad SMARTS) is 1. The molecule has 0 saturated carbocycles. The largest absolute Gasteiger partial charge is 0.465 e. The second-order valence-electron chi connectivity index (χ2n) is 5.07. The molecule has 1 heterocycles. The Morgan fingerprint density at radius 3 is 2.39 bits per heavy atom. The predicted octanol–water partition coefficient (Wildman–Crippen LogP) is 2.55. The number of rotatable bonds is 3. The van der Waals surface area contributed by atoms with Gasteiger partial charge in [-0.05, 0) is 37.1 Å². The molecular weight excluding hydrogens is 339 g/mol. The van der Waals surface area contributed by atoms with E-state index in [1.807, 2.05) is 0 Å². The maximum absolute atomic E-state index is 12.5. The topological polar surface area (TPSA) is 83.9 Å². The second kappa shape index (κ2) is 6.36. The maximum Gasteiger partial charge on any atom is 0.416 e. The van der Waals surface area contributed by atoms with E-state index in [1.165, 1.54) is 0 Å². The van der Waals surface area contributed by atoms with Gasteiger partial charge in [-0.3, -0.25) is 4.18 Å². The van der Waals surface area contributed by atoms with E-state index >= 15 is 0 Å². The summed E-state index contributed by atoms with van der Waals surface area (Å²) in [6, 6.07) is 2.94. The van der Waals surface area contributed by atoms with Gasteiger partial charge in [0, 0.05) is 6.54 Å². The molecule has 23 heavy (non-hydrogen) atoms. The second-order valence-corrected chi connectivity index (χ2v) is 6.64. The molecular formula is C13H14F3NO5S. The molecule has 10 heteroatoms. The lowest BCUT2D eigenvalue weighted by molar-refractivity contribution is -0.137. The van der Waals surface area contributed by atoms with Crippen LogP contribution in [0, 0.1) is 0 Å². The average molecular weight is 353 g/mol. The third-order valence-electron chi connectivity index (χ3n) is 3.38. The summed E-state index contributed by atoms with van der Waals surface area (Å²) in [5.74, 6) is 0. The SMILES string of the molecule is O=C(O)N1CCCC(OS(=O)(=O)c2ccc(C(F)(F)F)cc2)C1. The van der Waals surface area contributed by atoms with Crippen molar-refractivity contribution in [3.05, 3.63) is 29.8 Å². The minimum absolute atomic E-state index is 0.102. The molecule has 0 aliphatic carbocycles. The molecule has 0 spiro atoms. The number of hydrogen-bond acceptors (Lipinski definition) is 4. The van der Waals surface area contributed by atoms with Gasteiger partial charge in [-0.25, -0.2) is 4.79 Å². The van der Waals surface area contributed by atoms with Crippen LogP contribution in [0.3, 0.4) is 0 Å². The summed E-state index contributed by atoms with van der Waals surface area (Å²) in [6.45, 7) is 0.185. The monoisotopic (exact) mass is 353 g/mol. The van der Waals surface area contributed by atoms with Gasteiger partial charge in [0.15, 0.2) is 0 Å². The molecule has 6 nitrogen and oxygen atoms in total. The van der Waals surface area contributed by atoms with Crippen molar-refractivity contribution in [3.63, 3.8) is 0 Å². The fourth-order valence-corrected chi connectivity index (χ4v) is 3.33. The molecule has 1 N–H and O–H groups in total. The van der Waals surface area contributed by atoms with Crippen LogP contribution in [0.1, 0.15) is 18.4 Å². The first-order valence-electron chi connectivity index (χ1n) is 6.68. The molecule has 1 aromatic carbocycles. The first-order chi connectivity index (χ1) is 10.6. The van der Waals surface area contributed by atoms with Gasteiger partial charge in [0.25, 0.3) is 10.1 Å². The number of carbonyl (C=O) groups is 1. The molecule has 0 aromatic heterocycles. The number of piperidine rings is 1. The average Bonchev–Trinajstić information content (AvgIpc) is 2.46. The van der Waals surface area contributed by atoms with Crippen LogP contribution in [0.15, 0.2) is 29.2 Å². The van der Waals surface area contributed by atoms with Crippen molar-refractivity contribution in [1.82, 2.24) is 4.90 Å². The lowest BCUT2D eigenvalue weighted by Gasteiger charge is -2.30. The summed E-state index contributed by atoms with van der Waals surface area (Å²) in [5, 5.41) is 8.89. The zero-order valence-electron chi connectivity index (χ0n) is 11.8. The Labute approximate surface area is 130 Å². The Kier molecular flexibility index (Phi) is 4.85. The van der Waals surface area contributed by atoms with Crippen LogP contribution in [0.4, 0.5) is 18.0 Å². The molecule has 1 aliphatic rings. The van der Waals surface area contributed by atoms with E-state index in [4.69, 9.17) is 9.29 Å². The number of likely N-dealkylation sites (tertiary alicyclic amines) is 1. The van der Waals surface area contributed by atoms with E-state index in [9.17, 15) is 26.4 Å². The van der Waals surface area contributed by atoms with Crippen molar-refractivity contribution < 1.29 is 35.7 Å². The molecule has 0 radical (unpaired) electrons. The van der Waals surface area contributed by atoms with Crippen LogP contribution >= 0.6 is 0 Å². The first kappa shape index (κ1) is 17.5. The van der Waals surface area contributed by atoms with Crippen molar-refractivity contribution in [3.8, 4) is 0 Å². The fraction of sp³-hybridized carbons (Fsp3) is 0.462. The van der Waals surface area contributed by atoms with Gasteiger partial charge < -0.3 is 10.0 Å². The zero-order chi connectivity index (χ0) is 17.3. The zero-order valence-corrected chi connectivity index (χ0v) is 12.6. The minimum Gasteiger partial charge on any atom is -0.465 e. The van der Waals surface area contributed by atoms with Crippen molar-refractivity contribution in [1.29, 1.82) is 0 Å². The van der Waals surface area contributed by atoms with E-state index in [0.29, 0.717) is 25.0 Å². The highest BCUT2D eigenvalue weighted by Gasteiger charge is 2.32. The molecule has 1 aromatic rings. The third kappa shape index (κ3) is 4.35. The number of nitrogens with zero attached hydrogens (tertiary/aromatic N) is 1. The van der Waals surface area contributed by atoms with E-state index in [2.05, 4.69) is 0 Å². The van der Waals surface area contributed by atoms with Crippen LogP contribution in [0.5, 0.6) is 0 Å². The lowest BCUT2D eigenvalue weighted by atomic mass is 10.1. The summed E-state index contributed by atoms with van der Waals surface area (Å²) in [7, 11) is -4.26. The van der Waals surface area contributed by atoms with Gasteiger partial charge in [-0.1, -0.05) is 0 Å². The van der Waals surface area contributed by atoms with Gasteiger partial charge in [-0.15, -0.1) is 0 Å². The van der Waals surface area contributed by atoms with Gasteiger partial charge >= 0.3 is 12.3 Å². The number of halogens is 3. The molecule has 1 atom stereocenters. The number of alkyl halides is 3. The highest BCUT2D eigenvalue weighted by Crippen LogP contribution is 2.30. The van der Waals surface area contributed by atoms with E-state index in [0.717, 1.165) is 17.0 Å². The maximum atomic E-state index is 12.5. The smallest absolute Gasteiger partial charge is 0.416 e. The van der Waals surface area contributed by atoms with Gasteiger partial charge in [0.1, 0.15) is 0 Å². The lowest BCUT2D eigenvalue weighted by Crippen LogP contribution is -2.43. The van der Waals surface area contributed by atoms with Crippen LogP contribution in [-0.4, -0.2) is 43.7 Å². The van der Waals surface area contributed by atoms with E-state index in [1.54, 1.807) is 0 Å². The molecule has 1 amide bonds. The molecule has 2 rings (SSSR count). The minimum atomic E-state index is -4.56. The highest BCUT2D eigenvalue weighted by atomic mass is 32.2. The molecule has 1 aliphatic heterocycles.